The van der Waals surface area contributed by atoms with Crippen LogP contribution >= 0.6 is 0 Å². The normalized spacial score (nSPS) is 11.2. The molecule has 0 spiro atoms. The molecular formula is C19H20FN3O. The van der Waals surface area contributed by atoms with E-state index in [2.05, 4.69) is 5.10 Å². The number of halogens is 1. The molecule has 3 rings (SSSR count). The van der Waals surface area contributed by atoms with Gasteiger partial charge in [0.05, 0.1) is 12.1 Å². The van der Waals surface area contributed by atoms with Crippen LogP contribution in [-0.4, -0.2) is 35.3 Å². The lowest BCUT2D eigenvalue weighted by molar-refractivity contribution is 0.372. The minimum atomic E-state index is -0.334. The Labute approximate surface area is 140 Å². The summed E-state index contributed by atoms with van der Waals surface area (Å²) in [6.45, 7) is 1.48. The molecule has 0 radical (unpaired) electrons. The van der Waals surface area contributed by atoms with Gasteiger partial charge in [0.2, 0.25) is 0 Å². The van der Waals surface area contributed by atoms with Crippen LogP contribution in [0.3, 0.4) is 0 Å². The molecule has 0 aliphatic carbocycles. The number of nitrogens with zero attached hydrogens (tertiary/aromatic N) is 2. The predicted molar refractivity (Wildman–Crippen MR) is 94.4 cm³/mol. The first-order valence-electron chi connectivity index (χ1n) is 7.84. The maximum Gasteiger partial charge on any atom is 0.271 e. The number of H-pyrrole nitrogens is 1. The minimum absolute atomic E-state index is 0.208. The van der Waals surface area contributed by atoms with E-state index in [1.807, 2.05) is 49.3 Å². The fourth-order valence-corrected chi connectivity index (χ4v) is 2.61. The monoisotopic (exact) mass is 325 g/mol. The molecule has 0 aliphatic rings. The molecule has 1 aromatic heterocycles. The van der Waals surface area contributed by atoms with Crippen molar-refractivity contribution in [3.8, 4) is 22.3 Å². The summed E-state index contributed by atoms with van der Waals surface area (Å²) in [6.07, 6.45) is 1.74. The Bertz CT molecular complexity index is 881. The highest BCUT2D eigenvalue weighted by Crippen LogP contribution is 2.26. The third-order valence-corrected chi connectivity index (χ3v) is 3.93. The van der Waals surface area contributed by atoms with Crippen LogP contribution in [0.5, 0.6) is 0 Å². The first-order valence-corrected chi connectivity index (χ1v) is 7.84. The Balaban J connectivity index is 1.91. The summed E-state index contributed by atoms with van der Waals surface area (Å²) in [5.41, 5.74) is 2.20. The van der Waals surface area contributed by atoms with Gasteiger partial charge in [-0.2, -0.15) is 0 Å². The largest absolute Gasteiger partial charge is 0.308 e. The van der Waals surface area contributed by atoms with Gasteiger partial charge in [0.15, 0.2) is 0 Å². The van der Waals surface area contributed by atoms with Crippen molar-refractivity contribution in [2.75, 3.05) is 20.6 Å². The lowest BCUT2D eigenvalue weighted by atomic mass is 10.0. The maximum atomic E-state index is 14.5. The van der Waals surface area contributed by atoms with Crippen LogP contribution in [0.1, 0.15) is 0 Å². The van der Waals surface area contributed by atoms with E-state index in [4.69, 9.17) is 0 Å². The zero-order chi connectivity index (χ0) is 17.1. The van der Waals surface area contributed by atoms with Crippen LogP contribution in [0.2, 0.25) is 0 Å². The summed E-state index contributed by atoms with van der Waals surface area (Å²) >= 11 is 0. The standard InChI is InChI=1S/C19H20FN3O/c1-22(2)10-11-23-13-17(19(24)21-23)15-8-9-16(18(20)12-15)14-6-4-3-5-7-14/h3-9,12-13H,10-11H2,1-2H3,(H,21,24). The van der Waals surface area contributed by atoms with E-state index in [-0.39, 0.29) is 11.4 Å². The van der Waals surface area contributed by atoms with Gasteiger partial charge in [-0.05, 0) is 31.3 Å². The number of rotatable bonds is 5. The predicted octanol–water partition coefficient (Wildman–Crippen LogP) is 3.21. The number of hydrogen-bond acceptors (Lipinski definition) is 2. The summed E-state index contributed by atoms with van der Waals surface area (Å²) < 4.78 is 16.2. The average Bonchev–Trinajstić information content (AvgIpc) is 2.94. The highest BCUT2D eigenvalue weighted by atomic mass is 19.1. The molecular weight excluding hydrogens is 305 g/mol. The quantitative estimate of drug-likeness (QED) is 0.782. The van der Waals surface area contributed by atoms with Crippen molar-refractivity contribution in [2.45, 2.75) is 6.54 Å². The first kappa shape index (κ1) is 16.2. The molecule has 0 aliphatic heterocycles. The van der Waals surface area contributed by atoms with E-state index in [0.29, 0.717) is 23.2 Å². The third-order valence-electron chi connectivity index (χ3n) is 3.93. The molecule has 5 heteroatoms. The number of aromatic nitrogens is 2. The Morgan fingerprint density at radius 1 is 1.04 bits per heavy atom. The molecule has 0 atom stereocenters. The number of likely N-dealkylation sites (N-methyl/N-ethyl adjacent to an activating group) is 1. The summed E-state index contributed by atoms with van der Waals surface area (Å²) in [7, 11) is 3.94. The van der Waals surface area contributed by atoms with E-state index in [1.165, 1.54) is 6.07 Å². The SMILES string of the molecule is CN(C)CCn1cc(-c2ccc(-c3ccccc3)c(F)c2)c(=O)[nH]1. The summed E-state index contributed by atoms with van der Waals surface area (Å²) in [6, 6.07) is 14.3. The molecule has 3 aromatic rings. The topological polar surface area (TPSA) is 41.0 Å². The fourth-order valence-electron chi connectivity index (χ4n) is 2.61. The van der Waals surface area contributed by atoms with Gasteiger partial charge >= 0.3 is 0 Å². The summed E-state index contributed by atoms with van der Waals surface area (Å²) in [5.74, 6) is -0.334. The molecule has 1 heterocycles. The highest BCUT2D eigenvalue weighted by molar-refractivity contribution is 5.70. The zero-order valence-electron chi connectivity index (χ0n) is 13.8. The fraction of sp³-hybridized carbons (Fsp3) is 0.211. The van der Waals surface area contributed by atoms with Gasteiger partial charge in [0.25, 0.3) is 5.56 Å². The maximum absolute atomic E-state index is 14.5. The van der Waals surface area contributed by atoms with E-state index in [1.54, 1.807) is 23.0 Å². The Hall–Kier alpha value is -2.66. The van der Waals surface area contributed by atoms with Crippen LogP contribution in [0.25, 0.3) is 22.3 Å². The van der Waals surface area contributed by atoms with Crippen molar-refractivity contribution in [2.24, 2.45) is 0 Å². The molecule has 4 nitrogen and oxygen atoms in total. The van der Waals surface area contributed by atoms with Gasteiger partial charge in [-0.15, -0.1) is 0 Å². The molecule has 1 N–H and O–H groups in total. The molecule has 2 aromatic carbocycles. The van der Waals surface area contributed by atoms with Gasteiger partial charge in [-0.3, -0.25) is 14.6 Å². The van der Waals surface area contributed by atoms with Gasteiger partial charge in [-0.25, -0.2) is 4.39 Å². The second-order valence-corrected chi connectivity index (χ2v) is 6.04. The van der Waals surface area contributed by atoms with Crippen molar-refractivity contribution in [1.82, 2.24) is 14.7 Å². The lowest BCUT2D eigenvalue weighted by Crippen LogP contribution is -2.19. The lowest BCUT2D eigenvalue weighted by Gasteiger charge is -2.09. The second-order valence-electron chi connectivity index (χ2n) is 6.04. The van der Waals surface area contributed by atoms with Crippen molar-refractivity contribution in [3.63, 3.8) is 0 Å². The third kappa shape index (κ3) is 3.46. The van der Waals surface area contributed by atoms with Gasteiger partial charge in [0.1, 0.15) is 5.82 Å². The molecule has 0 unspecified atom stereocenters. The van der Waals surface area contributed by atoms with Crippen molar-refractivity contribution < 1.29 is 4.39 Å². The molecule has 0 saturated carbocycles. The second kappa shape index (κ2) is 6.84. The van der Waals surface area contributed by atoms with E-state index in [0.717, 1.165) is 12.1 Å². The van der Waals surface area contributed by atoms with Crippen molar-refractivity contribution in [3.05, 3.63) is 70.9 Å². The molecule has 0 fully saturated rings. The van der Waals surface area contributed by atoms with Crippen molar-refractivity contribution in [1.29, 1.82) is 0 Å². The van der Waals surface area contributed by atoms with E-state index < -0.39 is 0 Å². The van der Waals surface area contributed by atoms with E-state index in [9.17, 15) is 9.18 Å². The zero-order valence-corrected chi connectivity index (χ0v) is 13.8. The molecule has 124 valence electrons. The smallest absolute Gasteiger partial charge is 0.271 e. The number of benzene rings is 2. The Kier molecular flexibility index (Phi) is 4.62. The first-order chi connectivity index (χ1) is 11.5. The number of nitrogens with one attached hydrogen (secondary N) is 1. The number of hydrogen-bond donors (Lipinski definition) is 1. The van der Waals surface area contributed by atoms with Crippen LogP contribution < -0.4 is 5.56 Å². The van der Waals surface area contributed by atoms with Gasteiger partial charge < -0.3 is 4.90 Å². The molecule has 0 bridgehead atoms. The summed E-state index contributed by atoms with van der Waals surface area (Å²) in [4.78, 5) is 14.2. The van der Waals surface area contributed by atoms with Crippen LogP contribution in [0.4, 0.5) is 4.39 Å². The highest BCUT2D eigenvalue weighted by Gasteiger charge is 2.11. The molecule has 0 saturated heterocycles. The molecule has 0 amide bonds. The Morgan fingerprint density at radius 3 is 2.46 bits per heavy atom. The average molecular weight is 325 g/mol. The summed E-state index contributed by atoms with van der Waals surface area (Å²) in [5, 5.41) is 2.78. The van der Waals surface area contributed by atoms with Crippen LogP contribution in [0.15, 0.2) is 59.5 Å². The number of aromatic amines is 1. The molecule has 24 heavy (non-hydrogen) atoms. The van der Waals surface area contributed by atoms with Gasteiger partial charge in [0, 0.05) is 18.3 Å². The van der Waals surface area contributed by atoms with Crippen LogP contribution in [-0.2, 0) is 6.54 Å². The van der Waals surface area contributed by atoms with E-state index >= 15 is 0 Å². The van der Waals surface area contributed by atoms with Crippen molar-refractivity contribution >= 4 is 0 Å². The Morgan fingerprint density at radius 2 is 1.79 bits per heavy atom. The van der Waals surface area contributed by atoms with Gasteiger partial charge in [-0.1, -0.05) is 42.5 Å². The van der Waals surface area contributed by atoms with Crippen LogP contribution in [0, 0.1) is 5.82 Å². The minimum Gasteiger partial charge on any atom is -0.308 e.